The number of nitrogens with two attached hydrogens (primary N) is 1. The number of benzene rings is 2. The summed E-state index contributed by atoms with van der Waals surface area (Å²) in [6, 6.07) is 12.0. The van der Waals surface area contributed by atoms with Crippen molar-refractivity contribution in [3.8, 4) is 11.5 Å². The number of rotatable bonds is 7. The Morgan fingerprint density at radius 2 is 1.62 bits per heavy atom. The quantitative estimate of drug-likeness (QED) is 0.794. The molecule has 7 heteroatoms. The molecule has 138 valence electrons. The summed E-state index contributed by atoms with van der Waals surface area (Å²) >= 11 is 0. The molecule has 7 nitrogen and oxygen atoms in total. The van der Waals surface area contributed by atoms with Gasteiger partial charge >= 0.3 is 6.03 Å². The maximum absolute atomic E-state index is 12.6. The largest absolute Gasteiger partial charge is 0.493 e. The molecule has 26 heavy (non-hydrogen) atoms. The van der Waals surface area contributed by atoms with E-state index in [1.807, 2.05) is 18.2 Å². The molecule has 0 radical (unpaired) electrons. The summed E-state index contributed by atoms with van der Waals surface area (Å²) in [5.74, 6) is 1.16. The van der Waals surface area contributed by atoms with E-state index in [0.717, 1.165) is 11.1 Å². The second kappa shape index (κ2) is 8.75. The van der Waals surface area contributed by atoms with E-state index in [-0.39, 0.29) is 5.91 Å². The van der Waals surface area contributed by atoms with Gasteiger partial charge in [0.2, 0.25) is 0 Å². The zero-order chi connectivity index (χ0) is 19.1. The molecule has 0 saturated carbocycles. The van der Waals surface area contributed by atoms with Gasteiger partial charge in [-0.2, -0.15) is 0 Å². The monoisotopic (exact) mass is 357 g/mol. The van der Waals surface area contributed by atoms with Crippen molar-refractivity contribution in [2.45, 2.75) is 13.1 Å². The predicted octanol–water partition coefficient (Wildman–Crippen LogP) is 2.14. The van der Waals surface area contributed by atoms with E-state index in [4.69, 9.17) is 15.2 Å². The number of ether oxygens (including phenoxy) is 2. The Morgan fingerprint density at radius 3 is 2.19 bits per heavy atom. The molecule has 2 aromatic carbocycles. The van der Waals surface area contributed by atoms with Crippen LogP contribution in [-0.2, 0) is 13.1 Å². The first-order valence-electron chi connectivity index (χ1n) is 8.03. The number of carbonyl (C=O) groups is 2. The lowest BCUT2D eigenvalue weighted by Gasteiger charge is -2.18. The van der Waals surface area contributed by atoms with E-state index >= 15 is 0 Å². The van der Waals surface area contributed by atoms with Crippen LogP contribution in [0.2, 0.25) is 0 Å². The molecule has 0 bridgehead atoms. The Balaban J connectivity index is 2.04. The molecular weight excluding hydrogens is 334 g/mol. The third-order valence-electron chi connectivity index (χ3n) is 3.88. The van der Waals surface area contributed by atoms with Gasteiger partial charge in [-0.05, 0) is 35.4 Å². The van der Waals surface area contributed by atoms with Crippen LogP contribution in [0.15, 0.2) is 42.5 Å². The van der Waals surface area contributed by atoms with Crippen LogP contribution in [-0.4, -0.2) is 38.1 Å². The number of hydrogen-bond donors (Lipinski definition) is 2. The SMILES string of the molecule is COc1ccc(CN(C)C(=O)c2ccc(CNC(N)=O)cc2)cc1OC. The van der Waals surface area contributed by atoms with Gasteiger partial charge in [0, 0.05) is 25.7 Å². The van der Waals surface area contributed by atoms with Gasteiger partial charge in [0.25, 0.3) is 5.91 Å². The van der Waals surface area contributed by atoms with Crippen LogP contribution in [0.5, 0.6) is 11.5 Å². The van der Waals surface area contributed by atoms with Crippen LogP contribution in [0.3, 0.4) is 0 Å². The van der Waals surface area contributed by atoms with Gasteiger partial charge in [0.1, 0.15) is 0 Å². The predicted molar refractivity (Wildman–Crippen MR) is 98.2 cm³/mol. The van der Waals surface area contributed by atoms with Crippen LogP contribution in [0.4, 0.5) is 4.79 Å². The molecule has 0 fully saturated rings. The number of nitrogens with zero attached hydrogens (tertiary/aromatic N) is 1. The van der Waals surface area contributed by atoms with Gasteiger partial charge in [-0.1, -0.05) is 18.2 Å². The first kappa shape index (κ1) is 19.1. The van der Waals surface area contributed by atoms with E-state index in [2.05, 4.69) is 5.32 Å². The molecular formula is C19H23N3O4. The Morgan fingerprint density at radius 1 is 1.00 bits per heavy atom. The number of amides is 3. The van der Waals surface area contributed by atoms with Crippen molar-refractivity contribution in [2.75, 3.05) is 21.3 Å². The molecule has 0 unspecified atom stereocenters. The Labute approximate surface area is 152 Å². The van der Waals surface area contributed by atoms with Crippen LogP contribution < -0.4 is 20.5 Å². The molecule has 0 heterocycles. The number of carbonyl (C=O) groups excluding carboxylic acids is 2. The number of primary amides is 1. The highest BCUT2D eigenvalue weighted by Crippen LogP contribution is 2.28. The molecule has 0 saturated heterocycles. The Bertz CT molecular complexity index is 775. The maximum Gasteiger partial charge on any atom is 0.312 e. The molecule has 2 rings (SSSR count). The van der Waals surface area contributed by atoms with Crippen molar-refractivity contribution >= 4 is 11.9 Å². The zero-order valence-electron chi connectivity index (χ0n) is 15.1. The molecule has 2 aromatic rings. The van der Waals surface area contributed by atoms with Crippen LogP contribution in [0.1, 0.15) is 21.5 Å². The fourth-order valence-electron chi connectivity index (χ4n) is 2.50. The molecule has 3 N–H and O–H groups in total. The van der Waals surface area contributed by atoms with Crippen molar-refractivity contribution in [2.24, 2.45) is 5.73 Å². The van der Waals surface area contributed by atoms with E-state index in [9.17, 15) is 9.59 Å². The Hall–Kier alpha value is -3.22. The lowest BCUT2D eigenvalue weighted by molar-refractivity contribution is 0.0785. The average Bonchev–Trinajstić information content (AvgIpc) is 2.65. The van der Waals surface area contributed by atoms with E-state index in [1.165, 1.54) is 0 Å². The van der Waals surface area contributed by atoms with Gasteiger partial charge in [0.05, 0.1) is 14.2 Å². The normalized spacial score (nSPS) is 10.1. The zero-order valence-corrected chi connectivity index (χ0v) is 15.1. The summed E-state index contributed by atoms with van der Waals surface area (Å²) < 4.78 is 10.5. The van der Waals surface area contributed by atoms with Gasteiger partial charge in [0.15, 0.2) is 11.5 Å². The van der Waals surface area contributed by atoms with Crippen molar-refractivity contribution in [3.63, 3.8) is 0 Å². The van der Waals surface area contributed by atoms with Gasteiger partial charge < -0.3 is 25.4 Å². The fourth-order valence-corrected chi connectivity index (χ4v) is 2.50. The Kier molecular flexibility index (Phi) is 6.43. The fraction of sp³-hybridized carbons (Fsp3) is 0.263. The molecule has 3 amide bonds. The molecule has 0 aliphatic heterocycles. The number of nitrogens with one attached hydrogen (secondary N) is 1. The first-order valence-corrected chi connectivity index (χ1v) is 8.03. The standard InChI is InChI=1S/C19H23N3O4/c1-22(12-14-6-9-16(25-2)17(10-14)26-3)18(23)15-7-4-13(5-8-15)11-21-19(20)24/h4-10H,11-12H2,1-3H3,(H3,20,21,24). The van der Waals surface area contributed by atoms with Crippen LogP contribution in [0.25, 0.3) is 0 Å². The van der Waals surface area contributed by atoms with Gasteiger partial charge in [-0.3, -0.25) is 4.79 Å². The summed E-state index contributed by atoms with van der Waals surface area (Å²) in [6.07, 6.45) is 0. The van der Waals surface area contributed by atoms with E-state index in [0.29, 0.717) is 30.2 Å². The topological polar surface area (TPSA) is 93.9 Å². The van der Waals surface area contributed by atoms with Crippen LogP contribution in [0, 0.1) is 0 Å². The number of hydrogen-bond acceptors (Lipinski definition) is 4. The highest BCUT2D eigenvalue weighted by molar-refractivity contribution is 5.94. The molecule has 0 atom stereocenters. The smallest absolute Gasteiger partial charge is 0.312 e. The number of methoxy groups -OCH3 is 2. The molecule has 0 aliphatic carbocycles. The summed E-state index contributed by atoms with van der Waals surface area (Å²) in [5.41, 5.74) is 7.40. The third-order valence-corrected chi connectivity index (χ3v) is 3.88. The summed E-state index contributed by atoms with van der Waals surface area (Å²) in [4.78, 5) is 24.9. The van der Waals surface area contributed by atoms with Crippen molar-refractivity contribution < 1.29 is 19.1 Å². The first-order chi connectivity index (χ1) is 12.4. The molecule has 0 spiro atoms. The summed E-state index contributed by atoms with van der Waals surface area (Å²) in [5, 5.41) is 2.51. The lowest BCUT2D eigenvalue weighted by atomic mass is 10.1. The minimum atomic E-state index is -0.584. The maximum atomic E-state index is 12.6. The summed E-state index contributed by atoms with van der Waals surface area (Å²) in [6.45, 7) is 0.759. The number of urea groups is 1. The van der Waals surface area contributed by atoms with Crippen molar-refractivity contribution in [3.05, 3.63) is 59.2 Å². The van der Waals surface area contributed by atoms with Crippen molar-refractivity contribution in [1.29, 1.82) is 0 Å². The minimum Gasteiger partial charge on any atom is -0.493 e. The van der Waals surface area contributed by atoms with Crippen LogP contribution >= 0.6 is 0 Å². The minimum absolute atomic E-state index is 0.103. The highest BCUT2D eigenvalue weighted by atomic mass is 16.5. The molecule has 0 aliphatic rings. The van der Waals surface area contributed by atoms with E-state index in [1.54, 1.807) is 50.4 Å². The van der Waals surface area contributed by atoms with Gasteiger partial charge in [-0.25, -0.2) is 4.79 Å². The average molecular weight is 357 g/mol. The second-order valence-electron chi connectivity index (χ2n) is 5.77. The third kappa shape index (κ3) is 4.89. The second-order valence-corrected chi connectivity index (χ2v) is 5.77. The van der Waals surface area contributed by atoms with Crippen molar-refractivity contribution in [1.82, 2.24) is 10.2 Å². The highest BCUT2D eigenvalue weighted by Gasteiger charge is 2.13. The molecule has 0 aromatic heterocycles. The lowest BCUT2D eigenvalue weighted by Crippen LogP contribution is -2.28. The summed E-state index contributed by atoms with van der Waals surface area (Å²) in [7, 11) is 4.89. The van der Waals surface area contributed by atoms with Gasteiger partial charge in [-0.15, -0.1) is 0 Å². The van der Waals surface area contributed by atoms with E-state index < -0.39 is 6.03 Å².